The van der Waals surface area contributed by atoms with E-state index in [-0.39, 0.29) is 0 Å². The quantitative estimate of drug-likeness (QED) is 0.888. The number of nitrogens with one attached hydrogen (secondary N) is 1. The lowest BCUT2D eigenvalue weighted by atomic mass is 9.76. The second-order valence-corrected chi connectivity index (χ2v) is 5.63. The Morgan fingerprint density at radius 3 is 2.89 bits per heavy atom. The van der Waals surface area contributed by atoms with Crippen LogP contribution in [0.25, 0.3) is 0 Å². The van der Waals surface area contributed by atoms with Gasteiger partial charge in [0, 0.05) is 24.7 Å². The van der Waals surface area contributed by atoms with E-state index in [9.17, 15) is 0 Å². The van der Waals surface area contributed by atoms with E-state index in [2.05, 4.69) is 34.4 Å². The van der Waals surface area contributed by atoms with E-state index in [1.807, 2.05) is 12.1 Å². The Kier molecular flexibility index (Phi) is 3.16. The third kappa shape index (κ3) is 2.32. The molecule has 3 rings (SSSR count). The highest BCUT2D eigenvalue weighted by molar-refractivity contribution is 6.30. The highest BCUT2D eigenvalue weighted by Gasteiger charge is 2.31. The van der Waals surface area contributed by atoms with E-state index in [1.54, 1.807) is 0 Å². The van der Waals surface area contributed by atoms with Gasteiger partial charge in [0.25, 0.3) is 0 Å². The second-order valence-electron chi connectivity index (χ2n) is 5.19. The minimum absolute atomic E-state index is 0.563. The van der Waals surface area contributed by atoms with Gasteiger partial charge in [-0.25, -0.2) is 0 Å². The molecule has 1 heterocycles. The fraction of sp³-hybridized carbons (Fsp3) is 0.500. The summed E-state index contributed by atoms with van der Waals surface area (Å²) >= 11 is 6.02. The summed E-state index contributed by atoms with van der Waals surface area (Å²) in [4.78, 5) is 6.65. The predicted molar refractivity (Wildman–Crippen MR) is 75.3 cm³/mol. The molecule has 1 aromatic carbocycles. The first-order valence-electron chi connectivity index (χ1n) is 6.50. The van der Waals surface area contributed by atoms with Crippen LogP contribution in [-0.4, -0.2) is 37.0 Å². The average Bonchev–Trinajstić information content (AvgIpc) is 2.69. The monoisotopic (exact) mass is 263 g/mol. The van der Waals surface area contributed by atoms with Crippen molar-refractivity contribution in [2.45, 2.75) is 24.8 Å². The van der Waals surface area contributed by atoms with E-state index in [4.69, 9.17) is 11.6 Å². The highest BCUT2D eigenvalue weighted by atomic mass is 35.5. The standard InChI is InChI=1S/C14H18ClN3/c1-18-6-5-16-14(18)17-13-8-11(9-13)10-3-2-4-12(15)7-10/h2-4,7,11,13H,5-6,8-9H2,1H3,(H,16,17). The van der Waals surface area contributed by atoms with Gasteiger partial charge in [0.1, 0.15) is 0 Å². The Morgan fingerprint density at radius 1 is 1.39 bits per heavy atom. The maximum absolute atomic E-state index is 6.02. The summed E-state index contributed by atoms with van der Waals surface area (Å²) < 4.78 is 0. The molecule has 4 heteroatoms. The Bertz CT molecular complexity index is 466. The normalized spacial score (nSPS) is 26.8. The van der Waals surface area contributed by atoms with Crippen molar-refractivity contribution in [2.75, 3.05) is 20.1 Å². The molecule has 0 atom stereocenters. The summed E-state index contributed by atoms with van der Waals surface area (Å²) in [6.07, 6.45) is 2.35. The summed E-state index contributed by atoms with van der Waals surface area (Å²) in [5, 5.41) is 4.36. The lowest BCUT2D eigenvalue weighted by Crippen LogP contribution is -2.47. The van der Waals surface area contributed by atoms with Crippen molar-refractivity contribution in [3.8, 4) is 0 Å². The van der Waals surface area contributed by atoms with E-state index in [0.29, 0.717) is 12.0 Å². The Morgan fingerprint density at radius 2 is 2.22 bits per heavy atom. The fourth-order valence-electron chi connectivity index (χ4n) is 2.64. The topological polar surface area (TPSA) is 27.6 Å². The number of benzene rings is 1. The second kappa shape index (κ2) is 4.81. The molecule has 1 aliphatic heterocycles. The zero-order chi connectivity index (χ0) is 12.5. The van der Waals surface area contributed by atoms with Crippen LogP contribution in [-0.2, 0) is 0 Å². The fourth-order valence-corrected chi connectivity index (χ4v) is 2.84. The lowest BCUT2D eigenvalue weighted by Gasteiger charge is -2.37. The van der Waals surface area contributed by atoms with E-state index >= 15 is 0 Å². The number of hydrogen-bond donors (Lipinski definition) is 1. The first kappa shape index (κ1) is 11.8. The molecule has 0 bridgehead atoms. The van der Waals surface area contributed by atoms with Crippen LogP contribution in [0.15, 0.2) is 29.3 Å². The van der Waals surface area contributed by atoms with Gasteiger partial charge in [-0.05, 0) is 36.5 Å². The van der Waals surface area contributed by atoms with Crippen molar-refractivity contribution in [1.82, 2.24) is 10.2 Å². The van der Waals surface area contributed by atoms with Crippen LogP contribution in [0.3, 0.4) is 0 Å². The van der Waals surface area contributed by atoms with Crippen molar-refractivity contribution in [2.24, 2.45) is 4.99 Å². The van der Waals surface area contributed by atoms with Gasteiger partial charge in [-0.15, -0.1) is 0 Å². The molecule has 1 N–H and O–H groups in total. The lowest BCUT2D eigenvalue weighted by molar-refractivity contribution is 0.316. The highest BCUT2D eigenvalue weighted by Crippen LogP contribution is 2.37. The summed E-state index contributed by atoms with van der Waals surface area (Å²) in [6.45, 7) is 1.95. The number of halogens is 1. The molecule has 1 aromatic rings. The Labute approximate surface area is 113 Å². The van der Waals surface area contributed by atoms with Crippen molar-refractivity contribution >= 4 is 17.6 Å². The van der Waals surface area contributed by atoms with E-state index in [1.165, 1.54) is 18.4 Å². The maximum atomic E-state index is 6.02. The molecule has 3 nitrogen and oxygen atoms in total. The average molecular weight is 264 g/mol. The van der Waals surface area contributed by atoms with Gasteiger partial charge in [-0.3, -0.25) is 4.99 Å². The van der Waals surface area contributed by atoms with Crippen molar-refractivity contribution in [3.05, 3.63) is 34.9 Å². The van der Waals surface area contributed by atoms with Crippen LogP contribution < -0.4 is 5.32 Å². The van der Waals surface area contributed by atoms with Gasteiger partial charge in [0.05, 0.1) is 6.54 Å². The predicted octanol–water partition coefficient (Wildman–Crippen LogP) is 2.48. The van der Waals surface area contributed by atoms with Gasteiger partial charge in [-0.2, -0.15) is 0 Å². The van der Waals surface area contributed by atoms with E-state index < -0.39 is 0 Å². The zero-order valence-electron chi connectivity index (χ0n) is 10.6. The summed E-state index contributed by atoms with van der Waals surface area (Å²) in [5.41, 5.74) is 1.36. The van der Waals surface area contributed by atoms with Crippen LogP contribution >= 0.6 is 11.6 Å². The molecule has 0 radical (unpaired) electrons. The molecule has 0 saturated heterocycles. The first-order chi connectivity index (χ1) is 8.72. The first-order valence-corrected chi connectivity index (χ1v) is 6.88. The van der Waals surface area contributed by atoms with Gasteiger partial charge in [0.2, 0.25) is 0 Å². The number of rotatable bonds is 2. The largest absolute Gasteiger partial charge is 0.353 e. The van der Waals surface area contributed by atoms with Crippen LogP contribution in [0.1, 0.15) is 24.3 Å². The molecular formula is C14H18ClN3. The number of likely N-dealkylation sites (N-methyl/N-ethyl adjacent to an activating group) is 1. The molecule has 0 amide bonds. The van der Waals surface area contributed by atoms with Crippen molar-refractivity contribution < 1.29 is 0 Å². The molecule has 0 unspecified atom stereocenters. The molecule has 1 saturated carbocycles. The molecule has 96 valence electrons. The van der Waals surface area contributed by atoms with Crippen molar-refractivity contribution in [1.29, 1.82) is 0 Å². The summed E-state index contributed by atoms with van der Waals surface area (Å²) in [7, 11) is 2.09. The van der Waals surface area contributed by atoms with Crippen LogP contribution in [0, 0.1) is 0 Å². The number of hydrogen-bond acceptors (Lipinski definition) is 3. The zero-order valence-corrected chi connectivity index (χ0v) is 11.3. The van der Waals surface area contributed by atoms with Gasteiger partial charge in [0.15, 0.2) is 5.96 Å². The van der Waals surface area contributed by atoms with Crippen molar-refractivity contribution in [3.63, 3.8) is 0 Å². The number of nitrogens with zero attached hydrogens (tertiary/aromatic N) is 2. The summed E-state index contributed by atoms with van der Waals surface area (Å²) in [6, 6.07) is 8.79. The third-order valence-corrected chi connectivity index (χ3v) is 4.09. The molecule has 1 fully saturated rings. The van der Waals surface area contributed by atoms with Crippen LogP contribution in [0.5, 0.6) is 0 Å². The Balaban J connectivity index is 1.54. The number of aliphatic imine (C=N–C) groups is 1. The maximum Gasteiger partial charge on any atom is 0.194 e. The van der Waals surface area contributed by atoms with Gasteiger partial charge >= 0.3 is 0 Å². The van der Waals surface area contributed by atoms with Gasteiger partial charge < -0.3 is 10.2 Å². The minimum atomic E-state index is 0.563. The Hall–Kier alpha value is -1.22. The molecule has 1 aliphatic carbocycles. The van der Waals surface area contributed by atoms with Crippen LogP contribution in [0.4, 0.5) is 0 Å². The molecule has 18 heavy (non-hydrogen) atoms. The third-order valence-electron chi connectivity index (χ3n) is 3.85. The molecule has 2 aliphatic rings. The molecule has 0 aromatic heterocycles. The molecular weight excluding hydrogens is 246 g/mol. The molecule has 0 spiro atoms. The SMILES string of the molecule is CN1CCN=C1NC1CC(c2cccc(Cl)c2)C1. The van der Waals surface area contributed by atoms with E-state index in [0.717, 1.165) is 24.1 Å². The smallest absolute Gasteiger partial charge is 0.194 e. The summed E-state index contributed by atoms with van der Waals surface area (Å²) in [5.74, 6) is 1.71. The van der Waals surface area contributed by atoms with Gasteiger partial charge in [-0.1, -0.05) is 23.7 Å². The minimum Gasteiger partial charge on any atom is -0.353 e. The number of guanidine groups is 1. The van der Waals surface area contributed by atoms with Crippen LogP contribution in [0.2, 0.25) is 5.02 Å².